The summed E-state index contributed by atoms with van der Waals surface area (Å²) in [4.78, 5) is 18.5. The lowest BCUT2D eigenvalue weighted by Gasteiger charge is -2.17. The summed E-state index contributed by atoms with van der Waals surface area (Å²) >= 11 is 6.03. The van der Waals surface area contributed by atoms with Gasteiger partial charge in [-0.05, 0) is 48.9 Å². The van der Waals surface area contributed by atoms with E-state index in [0.29, 0.717) is 16.4 Å². The predicted molar refractivity (Wildman–Crippen MR) is 103 cm³/mol. The van der Waals surface area contributed by atoms with Crippen LogP contribution in [0.1, 0.15) is 15.9 Å². The third-order valence-corrected chi connectivity index (χ3v) is 4.16. The van der Waals surface area contributed by atoms with Gasteiger partial charge in [0.25, 0.3) is 5.91 Å². The third-order valence-electron chi connectivity index (χ3n) is 3.92. The van der Waals surface area contributed by atoms with Gasteiger partial charge in [-0.1, -0.05) is 35.9 Å². The average Bonchev–Trinajstić information content (AvgIpc) is 2.65. The smallest absolute Gasteiger partial charge is 0.259 e. The molecule has 1 amide bonds. The molecule has 0 saturated carbocycles. The number of amides is 1. The van der Waals surface area contributed by atoms with E-state index in [2.05, 4.69) is 10.3 Å². The molecular weight excluding hydrogens is 334 g/mol. The number of pyridine rings is 1. The highest BCUT2D eigenvalue weighted by Gasteiger charge is 2.13. The first-order chi connectivity index (χ1) is 12.0. The lowest BCUT2D eigenvalue weighted by Crippen LogP contribution is -2.26. The number of carbonyl (C=O) groups is 1. The van der Waals surface area contributed by atoms with Crippen LogP contribution in [0.4, 0.5) is 17.2 Å². The molecule has 0 radical (unpaired) electrons. The molecule has 4 nitrogen and oxygen atoms in total. The summed E-state index contributed by atoms with van der Waals surface area (Å²) in [5, 5.41) is 3.88. The lowest BCUT2D eigenvalue weighted by atomic mass is 10.2. The number of aryl methyl sites for hydroxylation is 1. The van der Waals surface area contributed by atoms with Crippen molar-refractivity contribution in [3.63, 3.8) is 0 Å². The highest BCUT2D eigenvalue weighted by molar-refractivity contribution is 6.30. The number of anilines is 3. The summed E-state index contributed by atoms with van der Waals surface area (Å²) in [5.41, 5.74) is 3.32. The van der Waals surface area contributed by atoms with Crippen LogP contribution < -0.4 is 10.2 Å². The molecule has 0 spiro atoms. The number of para-hydroxylation sites is 1. The Morgan fingerprint density at radius 1 is 1.08 bits per heavy atom. The molecule has 1 heterocycles. The van der Waals surface area contributed by atoms with Gasteiger partial charge in [0.05, 0.1) is 5.56 Å². The van der Waals surface area contributed by atoms with Crippen LogP contribution in [-0.4, -0.2) is 17.9 Å². The van der Waals surface area contributed by atoms with Crippen LogP contribution in [0, 0.1) is 6.92 Å². The molecule has 5 heteroatoms. The third kappa shape index (κ3) is 3.98. The zero-order chi connectivity index (χ0) is 17.8. The molecule has 1 N–H and O–H groups in total. The summed E-state index contributed by atoms with van der Waals surface area (Å²) in [6.45, 7) is 1.99. The van der Waals surface area contributed by atoms with Crippen LogP contribution in [0.5, 0.6) is 0 Å². The summed E-state index contributed by atoms with van der Waals surface area (Å²) in [6, 6.07) is 18.7. The van der Waals surface area contributed by atoms with Crippen LogP contribution >= 0.6 is 11.6 Å². The van der Waals surface area contributed by atoms with E-state index in [1.54, 1.807) is 30.3 Å². The standard InChI is InChI=1S/C20H18ClN3O/c1-14-8-10-16(21)12-18(14)23-19-11-9-15(13-22-19)20(25)24(2)17-6-4-3-5-7-17/h3-13H,1-2H3,(H,22,23). The molecule has 1 aromatic heterocycles. The van der Waals surface area contributed by atoms with Gasteiger partial charge in [0, 0.05) is 29.6 Å². The van der Waals surface area contributed by atoms with Gasteiger partial charge in [0.15, 0.2) is 0 Å². The number of hydrogen-bond donors (Lipinski definition) is 1. The number of hydrogen-bond acceptors (Lipinski definition) is 3. The predicted octanol–water partition coefficient (Wildman–Crippen LogP) is 5.06. The number of benzene rings is 2. The molecule has 0 aliphatic rings. The maximum Gasteiger partial charge on any atom is 0.259 e. The zero-order valence-corrected chi connectivity index (χ0v) is 14.8. The number of nitrogens with zero attached hydrogens (tertiary/aromatic N) is 2. The van der Waals surface area contributed by atoms with Gasteiger partial charge in [-0.2, -0.15) is 0 Å². The monoisotopic (exact) mass is 351 g/mol. The Morgan fingerprint density at radius 2 is 1.84 bits per heavy atom. The minimum Gasteiger partial charge on any atom is -0.340 e. The van der Waals surface area contributed by atoms with Crippen molar-refractivity contribution in [1.29, 1.82) is 0 Å². The fraction of sp³-hybridized carbons (Fsp3) is 0.100. The second-order valence-electron chi connectivity index (χ2n) is 5.72. The SMILES string of the molecule is Cc1ccc(Cl)cc1Nc1ccc(C(=O)N(C)c2ccccc2)cn1. The molecule has 25 heavy (non-hydrogen) atoms. The fourth-order valence-electron chi connectivity index (χ4n) is 2.42. The Kier molecular flexibility index (Phi) is 5.00. The molecule has 3 aromatic rings. The molecular formula is C20H18ClN3O. The minimum atomic E-state index is -0.107. The maximum absolute atomic E-state index is 12.6. The van der Waals surface area contributed by atoms with Gasteiger partial charge < -0.3 is 10.2 Å². The highest BCUT2D eigenvalue weighted by atomic mass is 35.5. The molecule has 0 unspecified atom stereocenters. The van der Waals surface area contributed by atoms with Gasteiger partial charge in [-0.25, -0.2) is 4.98 Å². The minimum absolute atomic E-state index is 0.107. The fourth-order valence-corrected chi connectivity index (χ4v) is 2.60. The molecule has 0 atom stereocenters. The second kappa shape index (κ2) is 7.36. The first-order valence-corrected chi connectivity index (χ1v) is 8.25. The largest absolute Gasteiger partial charge is 0.340 e. The average molecular weight is 352 g/mol. The summed E-state index contributed by atoms with van der Waals surface area (Å²) in [5.74, 6) is 0.550. The molecule has 126 valence electrons. The van der Waals surface area contributed by atoms with Crippen LogP contribution in [0.15, 0.2) is 66.9 Å². The summed E-state index contributed by atoms with van der Waals surface area (Å²) < 4.78 is 0. The molecule has 0 saturated heterocycles. The molecule has 3 rings (SSSR count). The van der Waals surface area contributed by atoms with E-state index in [0.717, 1.165) is 16.9 Å². The summed E-state index contributed by atoms with van der Waals surface area (Å²) in [6.07, 6.45) is 1.57. The van der Waals surface area contributed by atoms with Gasteiger partial charge >= 0.3 is 0 Å². The van der Waals surface area contributed by atoms with Crippen LogP contribution in [-0.2, 0) is 0 Å². The van der Waals surface area contributed by atoms with Gasteiger partial charge in [0.1, 0.15) is 5.82 Å². The van der Waals surface area contributed by atoms with E-state index in [1.165, 1.54) is 0 Å². The van der Waals surface area contributed by atoms with Crippen molar-refractivity contribution < 1.29 is 4.79 Å². The number of nitrogens with one attached hydrogen (secondary N) is 1. The van der Waals surface area contributed by atoms with Crippen molar-refractivity contribution in [2.45, 2.75) is 6.92 Å². The Hall–Kier alpha value is -2.85. The van der Waals surface area contributed by atoms with Crippen LogP contribution in [0.25, 0.3) is 0 Å². The molecule has 2 aromatic carbocycles. The Morgan fingerprint density at radius 3 is 2.52 bits per heavy atom. The van der Waals surface area contributed by atoms with E-state index < -0.39 is 0 Å². The molecule has 0 fully saturated rings. The Labute approximate surface area is 152 Å². The second-order valence-corrected chi connectivity index (χ2v) is 6.15. The van der Waals surface area contributed by atoms with Gasteiger partial charge in [0.2, 0.25) is 0 Å². The van der Waals surface area contributed by atoms with E-state index >= 15 is 0 Å². The first-order valence-electron chi connectivity index (χ1n) is 7.87. The normalized spacial score (nSPS) is 10.4. The van der Waals surface area contributed by atoms with E-state index in [1.807, 2.05) is 55.5 Å². The Balaban J connectivity index is 1.76. The first kappa shape index (κ1) is 17.0. The lowest BCUT2D eigenvalue weighted by molar-refractivity contribution is 0.0992. The highest BCUT2D eigenvalue weighted by Crippen LogP contribution is 2.23. The van der Waals surface area contributed by atoms with E-state index in [9.17, 15) is 4.79 Å². The van der Waals surface area contributed by atoms with E-state index in [-0.39, 0.29) is 5.91 Å². The Bertz CT molecular complexity index is 879. The van der Waals surface area contributed by atoms with Crippen LogP contribution in [0.2, 0.25) is 5.02 Å². The number of rotatable bonds is 4. The van der Waals surface area contributed by atoms with E-state index in [4.69, 9.17) is 11.6 Å². The van der Waals surface area contributed by atoms with Crippen molar-refractivity contribution in [1.82, 2.24) is 4.98 Å². The summed E-state index contributed by atoms with van der Waals surface area (Å²) in [7, 11) is 1.75. The van der Waals surface area contributed by atoms with Crippen molar-refractivity contribution in [3.05, 3.63) is 83.0 Å². The number of carbonyl (C=O) groups excluding carboxylic acids is 1. The van der Waals surface area contributed by atoms with Crippen molar-refractivity contribution in [2.24, 2.45) is 0 Å². The zero-order valence-electron chi connectivity index (χ0n) is 14.0. The van der Waals surface area contributed by atoms with Crippen molar-refractivity contribution >= 4 is 34.7 Å². The van der Waals surface area contributed by atoms with Crippen molar-refractivity contribution in [2.75, 3.05) is 17.3 Å². The topological polar surface area (TPSA) is 45.2 Å². The van der Waals surface area contributed by atoms with Crippen LogP contribution in [0.3, 0.4) is 0 Å². The van der Waals surface area contributed by atoms with Crippen molar-refractivity contribution in [3.8, 4) is 0 Å². The van der Waals surface area contributed by atoms with Gasteiger partial charge in [-0.15, -0.1) is 0 Å². The maximum atomic E-state index is 12.6. The molecule has 0 bridgehead atoms. The van der Waals surface area contributed by atoms with Gasteiger partial charge in [-0.3, -0.25) is 4.79 Å². The molecule has 0 aliphatic heterocycles. The quantitative estimate of drug-likeness (QED) is 0.714. The number of halogens is 1. The number of aromatic nitrogens is 1. The molecule has 0 aliphatic carbocycles.